The lowest BCUT2D eigenvalue weighted by Crippen LogP contribution is -2.06. The van der Waals surface area contributed by atoms with Gasteiger partial charge >= 0.3 is 5.97 Å². The van der Waals surface area contributed by atoms with Gasteiger partial charge in [-0.05, 0) is 53.0 Å². The van der Waals surface area contributed by atoms with Crippen LogP contribution in [-0.2, 0) is 9.53 Å². The summed E-state index contributed by atoms with van der Waals surface area (Å²) in [6, 6.07) is 5.86. The molecule has 0 heterocycles. The highest BCUT2D eigenvalue weighted by Gasteiger charge is 2.06. The second kappa shape index (κ2) is 7.21. The lowest BCUT2D eigenvalue weighted by molar-refractivity contribution is -0.136. The zero-order valence-corrected chi connectivity index (χ0v) is 12.4. The Morgan fingerprint density at radius 3 is 2.72 bits per heavy atom. The lowest BCUT2D eigenvalue weighted by Gasteiger charge is -2.07. The third-order valence-electron chi connectivity index (χ3n) is 2.48. The van der Waals surface area contributed by atoms with E-state index in [1.54, 1.807) is 6.08 Å². The summed E-state index contributed by atoms with van der Waals surface area (Å²) in [6.07, 6.45) is 2.38. The summed E-state index contributed by atoms with van der Waals surface area (Å²) >= 11 is 3.44. The molecule has 18 heavy (non-hydrogen) atoms. The van der Waals surface area contributed by atoms with Gasteiger partial charge in [-0.15, -0.1) is 0 Å². The smallest absolute Gasteiger partial charge is 0.333 e. The van der Waals surface area contributed by atoms with Gasteiger partial charge in [-0.2, -0.15) is 0 Å². The van der Waals surface area contributed by atoms with E-state index in [1.165, 1.54) is 7.11 Å². The molecule has 0 fully saturated rings. The second-order valence-electron chi connectivity index (χ2n) is 3.82. The Balaban J connectivity index is 2.65. The van der Waals surface area contributed by atoms with Crippen LogP contribution < -0.4 is 4.74 Å². The molecule has 0 saturated heterocycles. The van der Waals surface area contributed by atoms with Gasteiger partial charge in [-0.3, -0.25) is 0 Å². The minimum atomic E-state index is -0.302. The van der Waals surface area contributed by atoms with Crippen molar-refractivity contribution in [2.45, 2.75) is 20.3 Å². The molecule has 0 radical (unpaired) electrons. The molecule has 3 nitrogen and oxygen atoms in total. The first-order valence-electron chi connectivity index (χ1n) is 5.74. The number of ether oxygens (including phenoxy) is 2. The van der Waals surface area contributed by atoms with Crippen LogP contribution in [0, 0.1) is 6.92 Å². The molecule has 0 spiro atoms. The highest BCUT2D eigenvalue weighted by Crippen LogP contribution is 2.25. The van der Waals surface area contributed by atoms with Gasteiger partial charge in [0.2, 0.25) is 0 Å². The number of methoxy groups -OCH3 is 1. The minimum Gasteiger partial charge on any atom is -0.488 e. The molecule has 1 aromatic carbocycles. The SMILES string of the molecule is CCC(=CCOc1ccc(C)cc1Br)C(=O)OC. The summed E-state index contributed by atoms with van der Waals surface area (Å²) in [5.41, 5.74) is 1.79. The van der Waals surface area contributed by atoms with E-state index in [4.69, 9.17) is 4.74 Å². The van der Waals surface area contributed by atoms with E-state index in [0.717, 1.165) is 15.8 Å². The molecule has 1 rings (SSSR count). The fourth-order valence-corrected chi connectivity index (χ4v) is 2.07. The summed E-state index contributed by atoms with van der Waals surface area (Å²) in [4.78, 5) is 11.3. The maximum atomic E-state index is 11.3. The van der Waals surface area contributed by atoms with Crippen LogP contribution in [0.5, 0.6) is 5.75 Å². The van der Waals surface area contributed by atoms with Gasteiger partial charge in [0.1, 0.15) is 12.4 Å². The number of aryl methyl sites for hydroxylation is 1. The van der Waals surface area contributed by atoms with Gasteiger partial charge in [0.25, 0.3) is 0 Å². The van der Waals surface area contributed by atoms with Crippen LogP contribution in [0.2, 0.25) is 0 Å². The first-order valence-corrected chi connectivity index (χ1v) is 6.54. The summed E-state index contributed by atoms with van der Waals surface area (Å²) in [6.45, 7) is 4.27. The predicted octanol–water partition coefficient (Wildman–Crippen LogP) is 3.65. The maximum absolute atomic E-state index is 11.3. The zero-order valence-electron chi connectivity index (χ0n) is 10.8. The Morgan fingerprint density at radius 2 is 2.17 bits per heavy atom. The summed E-state index contributed by atoms with van der Waals surface area (Å²) < 4.78 is 11.2. The minimum absolute atomic E-state index is 0.302. The average Bonchev–Trinajstić information content (AvgIpc) is 2.36. The van der Waals surface area contributed by atoms with E-state index in [2.05, 4.69) is 20.7 Å². The molecule has 0 aliphatic rings. The molecule has 0 saturated carbocycles. The molecule has 1 aromatic rings. The van der Waals surface area contributed by atoms with Crippen LogP contribution in [0.15, 0.2) is 34.3 Å². The number of hydrogen-bond donors (Lipinski definition) is 0. The van der Waals surface area contributed by atoms with Gasteiger partial charge in [-0.25, -0.2) is 4.79 Å². The second-order valence-corrected chi connectivity index (χ2v) is 4.67. The monoisotopic (exact) mass is 312 g/mol. The largest absolute Gasteiger partial charge is 0.488 e. The van der Waals surface area contributed by atoms with Gasteiger partial charge < -0.3 is 9.47 Å². The summed E-state index contributed by atoms with van der Waals surface area (Å²) in [7, 11) is 1.38. The summed E-state index contributed by atoms with van der Waals surface area (Å²) in [5.74, 6) is 0.459. The van der Waals surface area contributed by atoms with Gasteiger partial charge in [0.05, 0.1) is 11.6 Å². The first kappa shape index (κ1) is 14.8. The summed E-state index contributed by atoms with van der Waals surface area (Å²) in [5, 5.41) is 0. The number of carbonyl (C=O) groups excluding carboxylic acids is 1. The Bertz CT molecular complexity index is 452. The average molecular weight is 313 g/mol. The van der Waals surface area contributed by atoms with Crippen LogP contribution in [0.25, 0.3) is 0 Å². The number of carbonyl (C=O) groups is 1. The Kier molecular flexibility index (Phi) is 5.92. The third kappa shape index (κ3) is 4.18. The van der Waals surface area contributed by atoms with Crippen molar-refractivity contribution in [1.82, 2.24) is 0 Å². The van der Waals surface area contributed by atoms with E-state index >= 15 is 0 Å². The van der Waals surface area contributed by atoms with Crippen molar-refractivity contribution in [3.8, 4) is 5.75 Å². The maximum Gasteiger partial charge on any atom is 0.333 e. The van der Waals surface area contributed by atoms with Gasteiger partial charge in [0, 0.05) is 5.57 Å². The molecule has 4 heteroatoms. The van der Waals surface area contributed by atoms with Crippen molar-refractivity contribution in [1.29, 1.82) is 0 Å². The lowest BCUT2D eigenvalue weighted by atomic mass is 10.2. The van der Waals surface area contributed by atoms with Crippen LogP contribution in [0.3, 0.4) is 0 Å². The predicted molar refractivity (Wildman–Crippen MR) is 74.8 cm³/mol. The van der Waals surface area contributed by atoms with Crippen LogP contribution in [0.1, 0.15) is 18.9 Å². The van der Waals surface area contributed by atoms with Crippen molar-refractivity contribution < 1.29 is 14.3 Å². The standard InChI is InChI=1S/C14H17BrO3/c1-4-11(14(16)17-3)7-8-18-13-6-5-10(2)9-12(13)15/h5-7,9H,4,8H2,1-3H3. The van der Waals surface area contributed by atoms with Crippen molar-refractivity contribution in [3.05, 3.63) is 39.9 Å². The molecule has 0 bridgehead atoms. The third-order valence-corrected chi connectivity index (χ3v) is 3.10. The van der Waals surface area contributed by atoms with E-state index in [9.17, 15) is 4.79 Å². The van der Waals surface area contributed by atoms with Gasteiger partial charge in [0.15, 0.2) is 0 Å². The fraction of sp³-hybridized carbons (Fsp3) is 0.357. The van der Waals surface area contributed by atoms with Crippen molar-refractivity contribution in [3.63, 3.8) is 0 Å². The highest BCUT2D eigenvalue weighted by atomic mass is 79.9. The molecule has 0 N–H and O–H groups in total. The first-order chi connectivity index (χ1) is 8.58. The van der Waals surface area contributed by atoms with Crippen molar-refractivity contribution in [2.24, 2.45) is 0 Å². The number of halogens is 1. The molecule has 0 aromatic heterocycles. The molecule has 0 amide bonds. The van der Waals surface area contributed by atoms with Gasteiger partial charge in [-0.1, -0.05) is 13.0 Å². The molecule has 0 unspecified atom stereocenters. The zero-order chi connectivity index (χ0) is 13.5. The quantitative estimate of drug-likeness (QED) is 0.615. The number of hydrogen-bond acceptors (Lipinski definition) is 3. The fourth-order valence-electron chi connectivity index (χ4n) is 1.46. The molecular formula is C14H17BrO3. The van der Waals surface area contributed by atoms with Crippen LogP contribution in [-0.4, -0.2) is 19.7 Å². The number of rotatable bonds is 5. The molecule has 0 atom stereocenters. The Hall–Kier alpha value is -1.29. The van der Waals surface area contributed by atoms with E-state index < -0.39 is 0 Å². The van der Waals surface area contributed by atoms with E-state index in [0.29, 0.717) is 18.6 Å². The molecule has 0 aliphatic heterocycles. The topological polar surface area (TPSA) is 35.5 Å². The molecule has 0 aliphatic carbocycles. The number of esters is 1. The van der Waals surface area contributed by atoms with Crippen molar-refractivity contribution >= 4 is 21.9 Å². The molecular weight excluding hydrogens is 296 g/mol. The van der Waals surface area contributed by atoms with Crippen LogP contribution >= 0.6 is 15.9 Å². The number of benzene rings is 1. The highest BCUT2D eigenvalue weighted by molar-refractivity contribution is 9.10. The van der Waals surface area contributed by atoms with E-state index in [-0.39, 0.29) is 5.97 Å². The van der Waals surface area contributed by atoms with Crippen LogP contribution in [0.4, 0.5) is 0 Å². The Labute approximate surface area is 116 Å². The van der Waals surface area contributed by atoms with E-state index in [1.807, 2.05) is 32.0 Å². The Morgan fingerprint density at radius 1 is 1.44 bits per heavy atom. The normalized spacial score (nSPS) is 11.2. The molecule has 98 valence electrons. The van der Waals surface area contributed by atoms with Crippen molar-refractivity contribution in [2.75, 3.05) is 13.7 Å².